The van der Waals surface area contributed by atoms with Gasteiger partial charge in [0.2, 0.25) is 0 Å². The van der Waals surface area contributed by atoms with Crippen LogP contribution in [0.25, 0.3) is 32.7 Å². The van der Waals surface area contributed by atoms with Crippen molar-refractivity contribution in [1.29, 1.82) is 0 Å². The van der Waals surface area contributed by atoms with Crippen LogP contribution in [0, 0.1) is 0 Å². The third-order valence-electron chi connectivity index (χ3n) is 5.55. The maximum absolute atomic E-state index is 10.6. The summed E-state index contributed by atoms with van der Waals surface area (Å²) in [4.78, 5) is 0. The molecule has 1 aliphatic carbocycles. The molecule has 0 atom stereocenters. The number of benzene rings is 4. The Morgan fingerprint density at radius 2 is 1.29 bits per heavy atom. The van der Waals surface area contributed by atoms with Crippen LogP contribution in [0.1, 0.15) is 25.0 Å². The predicted octanol–water partition coefficient (Wildman–Crippen LogP) is 6.00. The monoisotopic (exact) mass is 310 g/mol. The van der Waals surface area contributed by atoms with Crippen LogP contribution in [0.3, 0.4) is 0 Å². The lowest BCUT2D eigenvalue weighted by atomic mass is 9.81. The molecule has 1 N–H and O–H groups in total. The fourth-order valence-electron chi connectivity index (χ4n) is 4.33. The average Bonchev–Trinajstić information content (AvgIpc) is 2.83. The lowest BCUT2D eigenvalue weighted by molar-refractivity contribution is 0.479. The highest BCUT2D eigenvalue weighted by molar-refractivity contribution is 6.12. The van der Waals surface area contributed by atoms with Crippen molar-refractivity contribution in [3.8, 4) is 16.9 Å². The third-order valence-corrected chi connectivity index (χ3v) is 5.55. The highest BCUT2D eigenvalue weighted by Crippen LogP contribution is 2.54. The Hall–Kier alpha value is -2.80. The zero-order chi connectivity index (χ0) is 16.5. The van der Waals surface area contributed by atoms with Crippen LogP contribution in [0.5, 0.6) is 5.75 Å². The molecule has 0 spiro atoms. The molecule has 5 rings (SSSR count). The second kappa shape index (κ2) is 4.39. The van der Waals surface area contributed by atoms with Crippen molar-refractivity contribution in [2.75, 3.05) is 0 Å². The van der Waals surface area contributed by atoms with Gasteiger partial charge in [-0.2, -0.15) is 0 Å². The van der Waals surface area contributed by atoms with Crippen molar-refractivity contribution >= 4 is 21.5 Å². The molecule has 0 radical (unpaired) electrons. The molecule has 0 aromatic heterocycles. The Bertz CT molecular complexity index is 1140. The fraction of sp³-hybridized carbons (Fsp3) is 0.130. The molecule has 1 aliphatic rings. The predicted molar refractivity (Wildman–Crippen MR) is 101 cm³/mol. The molecule has 0 bridgehead atoms. The van der Waals surface area contributed by atoms with Gasteiger partial charge in [-0.05, 0) is 44.5 Å². The largest absolute Gasteiger partial charge is 0.507 e. The molecule has 0 saturated heterocycles. The van der Waals surface area contributed by atoms with Crippen molar-refractivity contribution in [2.24, 2.45) is 0 Å². The Balaban J connectivity index is 2.07. The number of phenolic OH excluding ortho intramolecular Hbond substituents is 1. The molecule has 0 saturated carbocycles. The Morgan fingerprint density at radius 3 is 2.08 bits per heavy atom. The van der Waals surface area contributed by atoms with Gasteiger partial charge in [-0.1, -0.05) is 74.5 Å². The zero-order valence-corrected chi connectivity index (χ0v) is 13.8. The van der Waals surface area contributed by atoms with E-state index in [0.717, 1.165) is 10.8 Å². The van der Waals surface area contributed by atoms with E-state index in [2.05, 4.69) is 62.4 Å². The first-order valence-electron chi connectivity index (χ1n) is 8.37. The minimum absolute atomic E-state index is 0.115. The van der Waals surface area contributed by atoms with Crippen LogP contribution in [-0.2, 0) is 5.41 Å². The third kappa shape index (κ3) is 1.54. The SMILES string of the molecule is CC1(C)c2ccc3ccccc3c2-c2c1cc(O)c1ccccc21. The van der Waals surface area contributed by atoms with Gasteiger partial charge in [-0.15, -0.1) is 0 Å². The van der Waals surface area contributed by atoms with Crippen molar-refractivity contribution in [1.82, 2.24) is 0 Å². The molecule has 116 valence electrons. The summed E-state index contributed by atoms with van der Waals surface area (Å²) in [5.74, 6) is 0.370. The van der Waals surface area contributed by atoms with Gasteiger partial charge in [0, 0.05) is 10.8 Å². The number of fused-ring (bicyclic) bond motifs is 7. The maximum Gasteiger partial charge on any atom is 0.123 e. The molecule has 0 fully saturated rings. The first-order valence-corrected chi connectivity index (χ1v) is 8.37. The quantitative estimate of drug-likeness (QED) is 0.422. The van der Waals surface area contributed by atoms with Gasteiger partial charge in [-0.3, -0.25) is 0 Å². The lowest BCUT2D eigenvalue weighted by Crippen LogP contribution is -2.14. The summed E-state index contributed by atoms with van der Waals surface area (Å²) in [5.41, 5.74) is 5.04. The van der Waals surface area contributed by atoms with Crippen LogP contribution in [0.4, 0.5) is 0 Å². The molecule has 4 aromatic carbocycles. The summed E-state index contributed by atoms with van der Waals surface area (Å²) in [6, 6.07) is 23.2. The molecule has 0 amide bonds. The van der Waals surface area contributed by atoms with E-state index in [1.165, 1.54) is 33.0 Å². The number of hydrogen-bond donors (Lipinski definition) is 1. The molecular formula is C23H18O. The van der Waals surface area contributed by atoms with Crippen molar-refractivity contribution < 1.29 is 5.11 Å². The standard InChI is InChI=1S/C23H18O/c1-23(2)18-12-11-14-7-3-4-8-15(14)21(18)22-17-10-6-5-9-16(17)20(24)13-19(22)23/h3-13,24H,1-2H3. The van der Waals surface area contributed by atoms with Crippen molar-refractivity contribution in [3.63, 3.8) is 0 Å². The van der Waals surface area contributed by atoms with E-state index in [0.29, 0.717) is 5.75 Å². The van der Waals surface area contributed by atoms with Crippen LogP contribution < -0.4 is 0 Å². The smallest absolute Gasteiger partial charge is 0.123 e. The molecule has 24 heavy (non-hydrogen) atoms. The van der Waals surface area contributed by atoms with Gasteiger partial charge in [0.05, 0.1) is 0 Å². The molecule has 0 unspecified atom stereocenters. The Morgan fingerprint density at radius 1 is 0.667 bits per heavy atom. The lowest BCUT2D eigenvalue weighted by Gasteiger charge is -2.22. The van der Waals surface area contributed by atoms with Crippen LogP contribution >= 0.6 is 0 Å². The van der Waals surface area contributed by atoms with Gasteiger partial charge < -0.3 is 5.11 Å². The van der Waals surface area contributed by atoms with E-state index in [4.69, 9.17) is 0 Å². The summed E-state index contributed by atoms with van der Waals surface area (Å²) in [6.45, 7) is 4.50. The molecule has 4 aromatic rings. The van der Waals surface area contributed by atoms with Crippen molar-refractivity contribution in [3.05, 3.63) is 77.9 Å². The highest BCUT2D eigenvalue weighted by atomic mass is 16.3. The number of hydrogen-bond acceptors (Lipinski definition) is 1. The number of phenols is 1. The van der Waals surface area contributed by atoms with E-state index < -0.39 is 0 Å². The van der Waals surface area contributed by atoms with Crippen LogP contribution in [0.2, 0.25) is 0 Å². The van der Waals surface area contributed by atoms with E-state index in [9.17, 15) is 5.11 Å². The summed E-state index contributed by atoms with van der Waals surface area (Å²) < 4.78 is 0. The normalized spacial score (nSPS) is 14.8. The second-order valence-corrected chi connectivity index (χ2v) is 7.20. The summed E-state index contributed by atoms with van der Waals surface area (Å²) in [7, 11) is 0. The van der Waals surface area contributed by atoms with Gasteiger partial charge in [0.25, 0.3) is 0 Å². The first-order chi connectivity index (χ1) is 11.6. The first kappa shape index (κ1) is 13.6. The Labute approximate surface area is 141 Å². The molecule has 1 nitrogen and oxygen atoms in total. The average molecular weight is 310 g/mol. The molecule has 1 heteroatoms. The fourth-order valence-corrected chi connectivity index (χ4v) is 4.33. The van der Waals surface area contributed by atoms with E-state index in [1.807, 2.05) is 18.2 Å². The summed E-state index contributed by atoms with van der Waals surface area (Å²) in [5, 5.41) is 15.2. The highest BCUT2D eigenvalue weighted by Gasteiger charge is 2.38. The summed E-state index contributed by atoms with van der Waals surface area (Å²) >= 11 is 0. The minimum Gasteiger partial charge on any atom is -0.507 e. The molecule has 0 heterocycles. The number of aromatic hydroxyl groups is 1. The minimum atomic E-state index is -0.115. The van der Waals surface area contributed by atoms with Gasteiger partial charge in [0.1, 0.15) is 5.75 Å². The van der Waals surface area contributed by atoms with Gasteiger partial charge in [0.15, 0.2) is 0 Å². The topological polar surface area (TPSA) is 20.2 Å². The van der Waals surface area contributed by atoms with E-state index >= 15 is 0 Å². The van der Waals surface area contributed by atoms with E-state index in [1.54, 1.807) is 0 Å². The maximum atomic E-state index is 10.6. The van der Waals surface area contributed by atoms with Gasteiger partial charge in [-0.25, -0.2) is 0 Å². The summed E-state index contributed by atoms with van der Waals surface area (Å²) in [6.07, 6.45) is 0. The molecular weight excluding hydrogens is 292 g/mol. The van der Waals surface area contributed by atoms with Crippen molar-refractivity contribution in [2.45, 2.75) is 19.3 Å². The second-order valence-electron chi connectivity index (χ2n) is 7.20. The van der Waals surface area contributed by atoms with Crippen LogP contribution in [0.15, 0.2) is 66.7 Å². The van der Waals surface area contributed by atoms with E-state index in [-0.39, 0.29) is 5.41 Å². The van der Waals surface area contributed by atoms with Crippen LogP contribution in [-0.4, -0.2) is 5.11 Å². The zero-order valence-electron chi connectivity index (χ0n) is 13.8. The van der Waals surface area contributed by atoms with Gasteiger partial charge >= 0.3 is 0 Å². The number of rotatable bonds is 0. The Kier molecular flexibility index (Phi) is 2.49. The molecule has 0 aliphatic heterocycles.